The van der Waals surface area contributed by atoms with Crippen molar-refractivity contribution in [2.45, 2.75) is 32.2 Å². The molecule has 7 nitrogen and oxygen atoms in total. The summed E-state index contributed by atoms with van der Waals surface area (Å²) in [6, 6.07) is 10.5. The Kier molecular flexibility index (Phi) is 5.33. The molecule has 1 saturated heterocycles. The van der Waals surface area contributed by atoms with E-state index in [0.29, 0.717) is 24.5 Å². The van der Waals surface area contributed by atoms with E-state index in [0.717, 1.165) is 12.2 Å². The number of para-hydroxylation sites is 1. The quantitative estimate of drug-likeness (QED) is 0.870. The maximum atomic E-state index is 12.4. The molecule has 3 rings (SSSR count). The number of carbonyl (C=O) groups excluding carboxylic acids is 2. The van der Waals surface area contributed by atoms with E-state index >= 15 is 0 Å². The Morgan fingerprint density at radius 1 is 1.36 bits per heavy atom. The number of carbonyl (C=O) groups is 2. The number of likely N-dealkylation sites (tertiary alicyclic amines) is 1. The van der Waals surface area contributed by atoms with Crippen LogP contribution in [0.1, 0.15) is 25.0 Å². The summed E-state index contributed by atoms with van der Waals surface area (Å²) in [5.74, 6) is 1.40. The van der Waals surface area contributed by atoms with E-state index in [9.17, 15) is 9.59 Å². The molecule has 1 aliphatic heterocycles. The van der Waals surface area contributed by atoms with Crippen LogP contribution >= 0.6 is 0 Å². The van der Waals surface area contributed by atoms with E-state index in [1.807, 2.05) is 30.3 Å². The molecule has 132 valence electrons. The van der Waals surface area contributed by atoms with E-state index < -0.39 is 6.04 Å². The fourth-order valence-corrected chi connectivity index (χ4v) is 2.89. The van der Waals surface area contributed by atoms with Crippen molar-refractivity contribution >= 4 is 17.6 Å². The first-order chi connectivity index (χ1) is 12.1. The maximum absolute atomic E-state index is 12.4. The van der Waals surface area contributed by atoms with Crippen LogP contribution in [0.5, 0.6) is 5.75 Å². The largest absolute Gasteiger partial charge is 0.493 e. The topological polar surface area (TPSA) is 84.7 Å². The number of ether oxygens (including phenoxy) is 1. The Morgan fingerprint density at radius 3 is 2.88 bits per heavy atom. The summed E-state index contributed by atoms with van der Waals surface area (Å²) in [5.41, 5.74) is 0. The van der Waals surface area contributed by atoms with Gasteiger partial charge in [0.1, 0.15) is 17.6 Å². The molecule has 0 bridgehead atoms. The highest BCUT2D eigenvalue weighted by atomic mass is 16.5. The second-order valence-corrected chi connectivity index (χ2v) is 5.97. The molecular formula is C18H21N3O4. The Balaban J connectivity index is 1.51. The molecule has 1 N–H and O–H groups in total. The first-order valence-electron chi connectivity index (χ1n) is 8.35. The molecule has 1 aromatic heterocycles. The van der Waals surface area contributed by atoms with Crippen LogP contribution in [0.3, 0.4) is 0 Å². The molecule has 0 spiro atoms. The SMILES string of the molecule is Cc1cc(NC(=O)[C@@H]2CCCN2C(=O)CCOc2ccccc2)no1. The van der Waals surface area contributed by atoms with Crippen molar-refractivity contribution in [1.82, 2.24) is 10.1 Å². The lowest BCUT2D eigenvalue weighted by molar-refractivity contribution is -0.137. The maximum Gasteiger partial charge on any atom is 0.248 e. The van der Waals surface area contributed by atoms with Crippen LogP contribution in [0, 0.1) is 6.92 Å². The summed E-state index contributed by atoms with van der Waals surface area (Å²) in [5, 5.41) is 6.45. The number of nitrogens with zero attached hydrogens (tertiary/aromatic N) is 2. The van der Waals surface area contributed by atoms with E-state index in [2.05, 4.69) is 10.5 Å². The number of rotatable bonds is 6. The van der Waals surface area contributed by atoms with Gasteiger partial charge in [0.15, 0.2) is 5.82 Å². The van der Waals surface area contributed by atoms with E-state index in [1.165, 1.54) is 0 Å². The average Bonchev–Trinajstić information content (AvgIpc) is 3.25. The van der Waals surface area contributed by atoms with Crippen molar-refractivity contribution in [2.75, 3.05) is 18.5 Å². The van der Waals surface area contributed by atoms with Crippen LogP contribution in [0.15, 0.2) is 40.9 Å². The summed E-state index contributed by atoms with van der Waals surface area (Å²) in [6.07, 6.45) is 1.69. The number of anilines is 1. The van der Waals surface area contributed by atoms with Crippen molar-refractivity contribution in [3.8, 4) is 5.75 Å². The molecule has 0 unspecified atom stereocenters. The lowest BCUT2D eigenvalue weighted by atomic mass is 10.2. The lowest BCUT2D eigenvalue weighted by Gasteiger charge is -2.23. The van der Waals surface area contributed by atoms with Gasteiger partial charge in [-0.2, -0.15) is 0 Å². The highest BCUT2D eigenvalue weighted by Gasteiger charge is 2.34. The van der Waals surface area contributed by atoms with Gasteiger partial charge in [0.2, 0.25) is 11.8 Å². The summed E-state index contributed by atoms with van der Waals surface area (Å²) < 4.78 is 10.5. The molecule has 1 atom stereocenters. The smallest absolute Gasteiger partial charge is 0.248 e. The fourth-order valence-electron chi connectivity index (χ4n) is 2.89. The molecule has 0 radical (unpaired) electrons. The van der Waals surface area contributed by atoms with Gasteiger partial charge in [0.05, 0.1) is 13.0 Å². The lowest BCUT2D eigenvalue weighted by Crippen LogP contribution is -2.43. The van der Waals surface area contributed by atoms with Crippen LogP contribution in [0.4, 0.5) is 5.82 Å². The number of aryl methyl sites for hydroxylation is 1. The Hall–Kier alpha value is -2.83. The Bertz CT molecular complexity index is 729. The third kappa shape index (κ3) is 4.37. The van der Waals surface area contributed by atoms with Gasteiger partial charge >= 0.3 is 0 Å². The number of hydrogen-bond donors (Lipinski definition) is 1. The third-order valence-electron chi connectivity index (χ3n) is 4.08. The minimum absolute atomic E-state index is 0.0788. The highest BCUT2D eigenvalue weighted by Crippen LogP contribution is 2.20. The molecule has 0 saturated carbocycles. The van der Waals surface area contributed by atoms with Crippen molar-refractivity contribution < 1.29 is 18.8 Å². The second kappa shape index (κ2) is 7.83. The summed E-state index contributed by atoms with van der Waals surface area (Å²) in [6.45, 7) is 2.62. The minimum atomic E-state index is -0.471. The third-order valence-corrected chi connectivity index (χ3v) is 4.08. The first-order valence-corrected chi connectivity index (χ1v) is 8.35. The molecule has 2 aromatic rings. The van der Waals surface area contributed by atoms with Gasteiger partial charge in [-0.05, 0) is 31.9 Å². The van der Waals surface area contributed by atoms with Gasteiger partial charge in [0, 0.05) is 12.6 Å². The molecule has 25 heavy (non-hydrogen) atoms. The first kappa shape index (κ1) is 17.0. The Labute approximate surface area is 145 Å². The van der Waals surface area contributed by atoms with E-state index in [-0.39, 0.29) is 24.8 Å². The molecule has 2 heterocycles. The van der Waals surface area contributed by atoms with Crippen molar-refractivity contribution in [3.63, 3.8) is 0 Å². The van der Waals surface area contributed by atoms with Crippen LogP contribution in [-0.2, 0) is 9.59 Å². The zero-order valence-electron chi connectivity index (χ0n) is 14.1. The normalized spacial score (nSPS) is 16.7. The Morgan fingerprint density at radius 2 is 2.16 bits per heavy atom. The molecule has 1 fully saturated rings. The van der Waals surface area contributed by atoms with Crippen molar-refractivity contribution in [1.29, 1.82) is 0 Å². The number of amides is 2. The minimum Gasteiger partial charge on any atom is -0.493 e. The zero-order chi connectivity index (χ0) is 17.6. The monoisotopic (exact) mass is 343 g/mol. The molecule has 1 aromatic carbocycles. The van der Waals surface area contributed by atoms with Gasteiger partial charge in [-0.15, -0.1) is 0 Å². The zero-order valence-corrected chi connectivity index (χ0v) is 14.1. The number of aromatic nitrogens is 1. The highest BCUT2D eigenvalue weighted by molar-refractivity contribution is 5.96. The molecule has 7 heteroatoms. The van der Waals surface area contributed by atoms with Crippen molar-refractivity contribution in [2.24, 2.45) is 0 Å². The van der Waals surface area contributed by atoms with Gasteiger partial charge in [-0.3, -0.25) is 9.59 Å². The second-order valence-electron chi connectivity index (χ2n) is 5.97. The van der Waals surface area contributed by atoms with Gasteiger partial charge in [-0.25, -0.2) is 0 Å². The standard InChI is InChI=1S/C18H21N3O4/c1-13-12-16(20-25-13)19-18(23)15-8-5-10-21(15)17(22)9-11-24-14-6-3-2-4-7-14/h2-4,6-7,12,15H,5,8-11H2,1H3,(H,19,20,23)/t15-/m0/s1. The molecular weight excluding hydrogens is 322 g/mol. The predicted molar refractivity (Wildman–Crippen MR) is 91.2 cm³/mol. The summed E-state index contributed by atoms with van der Waals surface area (Å²) in [4.78, 5) is 26.5. The van der Waals surface area contributed by atoms with E-state index in [4.69, 9.17) is 9.26 Å². The number of nitrogens with one attached hydrogen (secondary N) is 1. The summed E-state index contributed by atoms with van der Waals surface area (Å²) >= 11 is 0. The van der Waals surface area contributed by atoms with Crippen molar-refractivity contribution in [3.05, 3.63) is 42.2 Å². The van der Waals surface area contributed by atoms with Gasteiger partial charge in [-0.1, -0.05) is 23.4 Å². The fraction of sp³-hybridized carbons (Fsp3) is 0.389. The molecule has 1 aliphatic rings. The number of hydrogen-bond acceptors (Lipinski definition) is 5. The molecule has 2 amide bonds. The van der Waals surface area contributed by atoms with Crippen LogP contribution in [0.25, 0.3) is 0 Å². The van der Waals surface area contributed by atoms with Gasteiger partial charge < -0.3 is 19.5 Å². The van der Waals surface area contributed by atoms with Crippen LogP contribution < -0.4 is 10.1 Å². The van der Waals surface area contributed by atoms with E-state index in [1.54, 1.807) is 17.9 Å². The van der Waals surface area contributed by atoms with Crippen LogP contribution in [0.2, 0.25) is 0 Å². The summed E-state index contributed by atoms with van der Waals surface area (Å²) in [7, 11) is 0. The van der Waals surface area contributed by atoms with Crippen LogP contribution in [-0.4, -0.2) is 41.1 Å². The average molecular weight is 343 g/mol. The predicted octanol–water partition coefficient (Wildman–Crippen LogP) is 2.38. The number of benzene rings is 1. The molecule has 0 aliphatic carbocycles. The van der Waals surface area contributed by atoms with Gasteiger partial charge in [0.25, 0.3) is 0 Å².